The average Bonchev–Trinajstić information content (AvgIpc) is 2.87. The van der Waals surface area contributed by atoms with E-state index in [2.05, 4.69) is 0 Å². The summed E-state index contributed by atoms with van der Waals surface area (Å²) in [5.74, 6) is 0.428. The Morgan fingerprint density at radius 3 is 2.27 bits per heavy atom. The molecule has 0 saturated heterocycles. The minimum Gasteiger partial charge on any atom is -0.497 e. The maximum Gasteiger partial charge on any atom is 0.306 e. The average molecular weight is 444 g/mol. The fraction of sp³-hybridized carbons (Fsp3) is 0.185. The molecule has 1 atom stereocenters. The third kappa shape index (κ3) is 4.32. The van der Waals surface area contributed by atoms with Crippen LogP contribution in [0.4, 0.5) is 0 Å². The van der Waals surface area contributed by atoms with E-state index in [1.165, 1.54) is 13.4 Å². The summed E-state index contributed by atoms with van der Waals surface area (Å²) in [5.41, 5.74) is 2.88. The van der Waals surface area contributed by atoms with Crippen LogP contribution in [0.5, 0.6) is 11.5 Å². The highest BCUT2D eigenvalue weighted by molar-refractivity contribution is 5.87. The summed E-state index contributed by atoms with van der Waals surface area (Å²) >= 11 is 0. The van der Waals surface area contributed by atoms with Gasteiger partial charge in [-0.05, 0) is 35.4 Å². The van der Waals surface area contributed by atoms with E-state index < -0.39 is 5.92 Å². The summed E-state index contributed by atoms with van der Waals surface area (Å²) in [6.07, 6.45) is 1.52. The normalized spacial score (nSPS) is 11.7. The topological polar surface area (TPSA) is 75.0 Å². The minimum absolute atomic E-state index is 0.0694. The second-order valence-corrected chi connectivity index (χ2v) is 7.51. The van der Waals surface area contributed by atoms with Gasteiger partial charge in [-0.3, -0.25) is 9.59 Å². The highest BCUT2D eigenvalue weighted by Crippen LogP contribution is 2.39. The van der Waals surface area contributed by atoms with Crippen molar-refractivity contribution in [3.63, 3.8) is 0 Å². The van der Waals surface area contributed by atoms with Crippen LogP contribution in [-0.2, 0) is 9.53 Å². The first-order valence-electron chi connectivity index (χ1n) is 10.5. The fourth-order valence-corrected chi connectivity index (χ4v) is 4.00. The molecule has 0 aliphatic heterocycles. The lowest BCUT2D eigenvalue weighted by molar-refractivity contribution is -0.140. The van der Waals surface area contributed by atoms with Crippen molar-refractivity contribution >= 4 is 16.9 Å². The van der Waals surface area contributed by atoms with E-state index in [9.17, 15) is 9.59 Å². The van der Waals surface area contributed by atoms with Gasteiger partial charge in [-0.15, -0.1) is 0 Å². The van der Waals surface area contributed by atoms with Crippen LogP contribution in [0.15, 0.2) is 82.2 Å². The number of esters is 1. The number of carbonyl (C=O) groups is 1. The second kappa shape index (κ2) is 9.61. The van der Waals surface area contributed by atoms with Gasteiger partial charge in [0.2, 0.25) is 5.43 Å². The van der Waals surface area contributed by atoms with Crippen LogP contribution >= 0.6 is 0 Å². The van der Waals surface area contributed by atoms with Gasteiger partial charge >= 0.3 is 5.97 Å². The molecule has 0 fully saturated rings. The second-order valence-electron chi connectivity index (χ2n) is 7.51. The minimum atomic E-state index is -0.424. The molecule has 6 nitrogen and oxygen atoms in total. The maximum atomic E-state index is 13.4. The molecule has 0 radical (unpaired) electrons. The molecule has 0 bridgehead atoms. The molecule has 1 heterocycles. The number of hydrogen-bond donors (Lipinski definition) is 0. The largest absolute Gasteiger partial charge is 0.497 e. The third-order valence-electron chi connectivity index (χ3n) is 5.71. The monoisotopic (exact) mass is 444 g/mol. The van der Waals surface area contributed by atoms with E-state index in [-0.39, 0.29) is 17.8 Å². The van der Waals surface area contributed by atoms with Crippen LogP contribution in [0.2, 0.25) is 0 Å². The van der Waals surface area contributed by atoms with Crippen LogP contribution in [0.25, 0.3) is 22.1 Å². The number of ether oxygens (including phenoxy) is 3. The van der Waals surface area contributed by atoms with Gasteiger partial charge in [0, 0.05) is 11.5 Å². The Bertz CT molecular complexity index is 1320. The summed E-state index contributed by atoms with van der Waals surface area (Å²) in [4.78, 5) is 25.7. The summed E-state index contributed by atoms with van der Waals surface area (Å²) in [6.45, 7) is 0. The standard InChI is InChI=1S/C27H24O6/c1-30-19-11-9-18(10-12-19)22-16-33-27-20(26(22)29)13-14-23(31-2)25(27)21(15-24(28)32-3)17-7-5-4-6-8-17/h4-14,16,21H,15H2,1-3H3. The molecular formula is C27H24O6. The van der Waals surface area contributed by atoms with Crippen LogP contribution in [0, 0.1) is 0 Å². The Balaban J connectivity index is 1.93. The molecule has 0 amide bonds. The molecule has 1 aromatic heterocycles. The van der Waals surface area contributed by atoms with E-state index in [4.69, 9.17) is 18.6 Å². The summed E-state index contributed by atoms with van der Waals surface area (Å²) in [6, 6.07) is 20.2. The van der Waals surface area contributed by atoms with Crippen molar-refractivity contribution in [3.8, 4) is 22.6 Å². The summed E-state index contributed by atoms with van der Waals surface area (Å²) in [5, 5.41) is 0.407. The van der Waals surface area contributed by atoms with Gasteiger partial charge in [0.05, 0.1) is 38.7 Å². The van der Waals surface area contributed by atoms with Crippen molar-refractivity contribution in [2.24, 2.45) is 0 Å². The van der Waals surface area contributed by atoms with Crippen molar-refractivity contribution < 1.29 is 23.4 Å². The fourth-order valence-electron chi connectivity index (χ4n) is 4.00. The zero-order valence-electron chi connectivity index (χ0n) is 18.7. The van der Waals surface area contributed by atoms with Crippen LogP contribution < -0.4 is 14.9 Å². The lowest BCUT2D eigenvalue weighted by Crippen LogP contribution is -2.13. The molecule has 4 rings (SSSR count). The van der Waals surface area contributed by atoms with Crippen molar-refractivity contribution in [1.29, 1.82) is 0 Å². The first kappa shape index (κ1) is 22.1. The molecule has 0 aliphatic carbocycles. The molecule has 4 aromatic rings. The molecule has 0 N–H and O–H groups in total. The van der Waals surface area contributed by atoms with Crippen molar-refractivity contribution in [2.75, 3.05) is 21.3 Å². The van der Waals surface area contributed by atoms with E-state index in [1.54, 1.807) is 38.5 Å². The molecular weight excluding hydrogens is 420 g/mol. The van der Waals surface area contributed by atoms with Crippen LogP contribution in [-0.4, -0.2) is 27.3 Å². The highest BCUT2D eigenvalue weighted by atomic mass is 16.5. The van der Waals surface area contributed by atoms with Gasteiger partial charge in [0.25, 0.3) is 0 Å². The molecule has 0 spiro atoms. The van der Waals surface area contributed by atoms with E-state index in [0.29, 0.717) is 33.6 Å². The Kier molecular flexibility index (Phi) is 6.45. The number of hydrogen-bond acceptors (Lipinski definition) is 6. The molecule has 6 heteroatoms. The first-order chi connectivity index (χ1) is 16.1. The predicted molar refractivity (Wildman–Crippen MR) is 126 cm³/mol. The van der Waals surface area contributed by atoms with Gasteiger partial charge < -0.3 is 18.6 Å². The number of benzene rings is 3. The Morgan fingerprint density at radius 2 is 1.64 bits per heavy atom. The number of rotatable bonds is 7. The van der Waals surface area contributed by atoms with Crippen molar-refractivity contribution in [2.45, 2.75) is 12.3 Å². The summed E-state index contributed by atoms with van der Waals surface area (Å²) in [7, 11) is 4.49. The highest BCUT2D eigenvalue weighted by Gasteiger charge is 2.27. The molecule has 0 saturated carbocycles. The lowest BCUT2D eigenvalue weighted by atomic mass is 9.86. The quantitative estimate of drug-likeness (QED) is 0.366. The van der Waals surface area contributed by atoms with Crippen molar-refractivity contribution in [3.05, 3.63) is 94.3 Å². The predicted octanol–water partition coefficient (Wildman–Crippen LogP) is 5.17. The van der Waals surface area contributed by atoms with Gasteiger partial charge in [0.1, 0.15) is 23.3 Å². The van der Waals surface area contributed by atoms with Crippen LogP contribution in [0.3, 0.4) is 0 Å². The maximum absolute atomic E-state index is 13.4. The first-order valence-corrected chi connectivity index (χ1v) is 10.5. The smallest absolute Gasteiger partial charge is 0.306 e. The number of carbonyl (C=O) groups excluding carboxylic acids is 1. The third-order valence-corrected chi connectivity index (χ3v) is 5.71. The van der Waals surface area contributed by atoms with Gasteiger partial charge in [-0.2, -0.15) is 0 Å². The van der Waals surface area contributed by atoms with Gasteiger partial charge in [-0.25, -0.2) is 0 Å². The van der Waals surface area contributed by atoms with E-state index >= 15 is 0 Å². The van der Waals surface area contributed by atoms with Crippen molar-refractivity contribution in [1.82, 2.24) is 0 Å². The molecule has 0 aliphatic rings. The van der Waals surface area contributed by atoms with E-state index in [0.717, 1.165) is 11.1 Å². The summed E-state index contributed by atoms with van der Waals surface area (Å²) < 4.78 is 21.8. The Labute approximate surface area is 191 Å². The number of fused-ring (bicyclic) bond motifs is 1. The zero-order chi connectivity index (χ0) is 23.4. The molecule has 1 unspecified atom stereocenters. The Hall–Kier alpha value is -4.06. The number of methoxy groups -OCH3 is 3. The molecule has 33 heavy (non-hydrogen) atoms. The molecule has 3 aromatic carbocycles. The Morgan fingerprint density at radius 1 is 0.909 bits per heavy atom. The zero-order valence-corrected chi connectivity index (χ0v) is 18.7. The van der Waals surface area contributed by atoms with E-state index in [1.807, 2.05) is 42.5 Å². The van der Waals surface area contributed by atoms with Gasteiger partial charge in [-0.1, -0.05) is 42.5 Å². The lowest BCUT2D eigenvalue weighted by Gasteiger charge is -2.21. The SMILES string of the molecule is COC(=O)CC(c1ccccc1)c1c(OC)ccc2c(=O)c(-c3ccc(OC)cc3)coc12. The van der Waals surface area contributed by atoms with Crippen LogP contribution in [0.1, 0.15) is 23.5 Å². The molecule has 168 valence electrons. The van der Waals surface area contributed by atoms with Gasteiger partial charge in [0.15, 0.2) is 0 Å².